The van der Waals surface area contributed by atoms with Gasteiger partial charge in [-0.1, -0.05) is 66.7 Å². The molecule has 0 saturated carbocycles. The monoisotopic (exact) mass is 944 g/mol. The fourth-order valence-electron chi connectivity index (χ4n) is 8.42. The largest absolute Gasteiger partial charge is 0.456 e. The maximum absolute atomic E-state index is 13.4. The summed E-state index contributed by atoms with van der Waals surface area (Å²) in [6.45, 7) is 11.2. The lowest BCUT2D eigenvalue weighted by Gasteiger charge is -2.22. The molecule has 17 heteroatoms. The average Bonchev–Trinajstić information content (AvgIpc) is 3.25. The van der Waals surface area contributed by atoms with Gasteiger partial charge in [0.1, 0.15) is 26.0 Å². The topological polar surface area (TPSA) is 225 Å². The highest BCUT2D eigenvalue weighted by molar-refractivity contribution is 7.86. The molecule has 0 amide bonds. The van der Waals surface area contributed by atoms with Crippen molar-refractivity contribution in [3.05, 3.63) is 160 Å². The minimum Gasteiger partial charge on any atom is -0.456 e. The van der Waals surface area contributed by atoms with Crippen LogP contribution in [0.1, 0.15) is 33.4 Å². The van der Waals surface area contributed by atoms with Crippen LogP contribution in [-0.2, 0) is 30.4 Å². The highest BCUT2D eigenvalue weighted by Crippen LogP contribution is 2.46. The molecule has 0 radical (unpaired) electrons. The molecule has 66 heavy (non-hydrogen) atoms. The fourth-order valence-corrected chi connectivity index (χ4v) is 10.4. The Hall–Kier alpha value is -6.86. The van der Waals surface area contributed by atoms with Crippen LogP contribution in [0.4, 0.5) is 39.8 Å². The molecule has 1 aliphatic heterocycles. The number of nitrogens with zero attached hydrogens (tertiary/aromatic N) is 1. The van der Waals surface area contributed by atoms with E-state index >= 15 is 0 Å². The van der Waals surface area contributed by atoms with Crippen molar-refractivity contribution in [2.45, 2.75) is 56.2 Å². The highest BCUT2D eigenvalue weighted by atomic mass is 32.2. The quantitative estimate of drug-likeness (QED) is 0.0525. The van der Waals surface area contributed by atoms with Gasteiger partial charge in [-0.3, -0.25) is 13.7 Å². The average molecular weight is 945 g/mol. The van der Waals surface area contributed by atoms with E-state index in [2.05, 4.69) is 16.0 Å². The second kappa shape index (κ2) is 17.2. The molecule has 0 fully saturated rings. The summed E-state index contributed by atoms with van der Waals surface area (Å²) in [5, 5.41) is 9.70. The third-order valence-corrected chi connectivity index (χ3v) is 14.1. The summed E-state index contributed by atoms with van der Waals surface area (Å²) in [5.74, 6) is -0.0681. The van der Waals surface area contributed by atoms with Gasteiger partial charge in [0.25, 0.3) is 30.4 Å². The number of benzene rings is 7. The number of para-hydroxylation sites is 2. The molecule has 1 heterocycles. The van der Waals surface area contributed by atoms with Crippen LogP contribution in [0.15, 0.2) is 145 Å². The van der Waals surface area contributed by atoms with Crippen LogP contribution in [0.25, 0.3) is 33.4 Å². The summed E-state index contributed by atoms with van der Waals surface area (Å²) in [5.41, 5.74) is 7.97. The van der Waals surface area contributed by atoms with Crippen LogP contribution in [0.2, 0.25) is 0 Å². The van der Waals surface area contributed by atoms with E-state index in [1.807, 2.05) is 107 Å². The van der Waals surface area contributed by atoms with Crippen molar-refractivity contribution in [3.63, 3.8) is 0 Å². The van der Waals surface area contributed by atoms with Gasteiger partial charge in [0, 0.05) is 62.6 Å². The van der Waals surface area contributed by atoms with Crippen LogP contribution in [0.3, 0.4) is 0 Å². The Labute approximate surface area is 382 Å². The van der Waals surface area contributed by atoms with Gasteiger partial charge in [-0.15, -0.1) is 0 Å². The number of nitrogens with one attached hydrogen (secondary N) is 3. The molecular weight excluding hydrogens is 901 g/mol. The van der Waals surface area contributed by atoms with Gasteiger partial charge in [-0.05, 0) is 117 Å². The Bertz CT molecular complexity index is 3650. The summed E-state index contributed by atoms with van der Waals surface area (Å²) >= 11 is 0. The first-order valence-electron chi connectivity index (χ1n) is 20.4. The normalized spacial score (nSPS) is 12.5. The Morgan fingerprint density at radius 1 is 0.485 bits per heavy atom. The van der Waals surface area contributed by atoms with Gasteiger partial charge in [0.2, 0.25) is 0 Å². The van der Waals surface area contributed by atoms with E-state index in [1.165, 1.54) is 30.3 Å². The zero-order valence-electron chi connectivity index (χ0n) is 36.4. The molecular formula is C49H44N4O10S3. The number of hydrogen-bond donors (Lipinski definition) is 6. The smallest absolute Gasteiger partial charge is 0.296 e. The van der Waals surface area contributed by atoms with Crippen LogP contribution in [-0.4, -0.2) is 38.9 Å². The minimum atomic E-state index is -5.11. The standard InChI is InChI=1S/C49H44N4O10S3/c1-27-21-29(3)48(31(5)46(27)50-33-15-9-7-10-16-33)52-38-25-40-36(23-43(38)65(57,58)59)45(35-19-13-14-20-42(35)64(54,55)56)37-24-44(66(60,61)62)39(26-41(37)63-40)53-49-30(4)22-28(2)47(32(49)6)51-34-17-11-8-12-18-34/h7-26,50-52H,1-6H3,(H,54,55,56)(H,57,58,59)(H,60,61,62)/b53-39-. The first-order chi connectivity index (χ1) is 31.1. The molecule has 0 unspecified atom stereocenters. The maximum atomic E-state index is 13.4. The van der Waals surface area contributed by atoms with Crippen LogP contribution >= 0.6 is 0 Å². The molecule has 8 rings (SSSR count). The Kier molecular flexibility index (Phi) is 11.9. The predicted octanol–water partition coefficient (Wildman–Crippen LogP) is 11.3. The fraction of sp³-hybridized carbons (Fsp3) is 0.122. The summed E-state index contributed by atoms with van der Waals surface area (Å²) in [7, 11) is -15.2. The Morgan fingerprint density at radius 3 is 1.55 bits per heavy atom. The molecule has 2 aliphatic rings. The van der Waals surface area contributed by atoms with Crippen molar-refractivity contribution in [1.29, 1.82) is 0 Å². The molecule has 338 valence electrons. The maximum Gasteiger partial charge on any atom is 0.296 e. The number of anilines is 6. The first-order valence-corrected chi connectivity index (χ1v) is 24.7. The van der Waals surface area contributed by atoms with Gasteiger partial charge in [0.05, 0.1) is 16.7 Å². The highest BCUT2D eigenvalue weighted by Gasteiger charge is 2.29. The van der Waals surface area contributed by atoms with Crippen LogP contribution in [0, 0.1) is 41.5 Å². The number of rotatable bonds is 11. The van der Waals surface area contributed by atoms with E-state index in [1.54, 1.807) is 6.92 Å². The lowest BCUT2D eigenvalue weighted by molar-refractivity contribution is 0.480. The van der Waals surface area contributed by atoms with Crippen molar-refractivity contribution < 1.29 is 43.3 Å². The summed E-state index contributed by atoms with van der Waals surface area (Å²) in [6.07, 6.45) is 0. The zero-order chi connectivity index (χ0) is 47.5. The molecule has 0 aromatic heterocycles. The summed E-state index contributed by atoms with van der Waals surface area (Å²) in [6, 6.07) is 32.7. The summed E-state index contributed by atoms with van der Waals surface area (Å²) in [4.78, 5) is 2.88. The molecule has 0 saturated heterocycles. The van der Waals surface area contributed by atoms with E-state index in [0.29, 0.717) is 28.1 Å². The van der Waals surface area contributed by atoms with E-state index in [0.717, 1.165) is 57.6 Å². The Morgan fingerprint density at radius 2 is 0.985 bits per heavy atom. The van der Waals surface area contributed by atoms with Gasteiger partial charge >= 0.3 is 0 Å². The SMILES string of the molecule is Cc1cc(C)c(Nc2ccccc2)c(C)c1/N=c1/cc2oc3cc(Nc4c(C)cc(C)c(Nc5ccccc5)c4C)c(S(=O)(=O)O)cc3c(-c3ccccc3S(=O)(=O)O)c-2cc1S(=O)(=O)O. The molecule has 0 atom stereocenters. The van der Waals surface area contributed by atoms with E-state index in [4.69, 9.17) is 9.41 Å². The van der Waals surface area contributed by atoms with Crippen LogP contribution in [0.5, 0.6) is 0 Å². The van der Waals surface area contributed by atoms with Crippen molar-refractivity contribution in [2.75, 3.05) is 16.0 Å². The first kappa shape index (κ1) is 45.7. The number of fused-ring (bicyclic) bond motifs is 2. The predicted molar refractivity (Wildman–Crippen MR) is 257 cm³/mol. The lowest BCUT2D eigenvalue weighted by atomic mass is 9.93. The molecule has 6 N–H and O–H groups in total. The number of hydrogen-bond acceptors (Lipinski definition) is 11. The lowest BCUT2D eigenvalue weighted by Crippen LogP contribution is -2.16. The van der Waals surface area contributed by atoms with Crippen LogP contribution < -0.4 is 21.3 Å². The molecule has 6 aromatic rings. The van der Waals surface area contributed by atoms with E-state index in [9.17, 15) is 38.9 Å². The molecule has 6 aromatic carbocycles. The third-order valence-electron chi connectivity index (χ3n) is 11.4. The molecule has 0 spiro atoms. The van der Waals surface area contributed by atoms with Gasteiger partial charge in [-0.2, -0.15) is 25.3 Å². The van der Waals surface area contributed by atoms with Gasteiger partial charge < -0.3 is 20.4 Å². The van der Waals surface area contributed by atoms with Gasteiger partial charge in [-0.25, -0.2) is 4.99 Å². The van der Waals surface area contributed by atoms with Crippen molar-refractivity contribution in [3.8, 4) is 22.5 Å². The second-order valence-electron chi connectivity index (χ2n) is 16.0. The minimum absolute atomic E-state index is 0.0507. The molecule has 0 bridgehead atoms. The molecule has 14 nitrogen and oxygen atoms in total. The third kappa shape index (κ3) is 8.91. The Balaban J connectivity index is 1.44. The van der Waals surface area contributed by atoms with Gasteiger partial charge in [0.15, 0.2) is 0 Å². The molecule has 1 aliphatic carbocycles. The summed E-state index contributed by atoms with van der Waals surface area (Å²) < 4.78 is 118. The second-order valence-corrected chi connectivity index (χ2v) is 20.2. The van der Waals surface area contributed by atoms with Crippen molar-refractivity contribution >= 4 is 81.1 Å². The zero-order valence-corrected chi connectivity index (χ0v) is 38.9. The van der Waals surface area contributed by atoms with Crippen molar-refractivity contribution in [1.82, 2.24) is 0 Å². The number of aryl methyl sites for hydroxylation is 4. The van der Waals surface area contributed by atoms with E-state index in [-0.39, 0.29) is 44.5 Å². The van der Waals surface area contributed by atoms with Crippen molar-refractivity contribution in [2.24, 2.45) is 4.99 Å². The van der Waals surface area contributed by atoms with E-state index < -0.39 is 45.0 Å².